The van der Waals surface area contributed by atoms with Crippen molar-refractivity contribution in [3.8, 4) is 0 Å². The molecule has 0 aliphatic rings. The quantitative estimate of drug-likeness (QED) is 0.524. The van der Waals surface area contributed by atoms with Crippen LogP contribution in [-0.4, -0.2) is 30.8 Å². The lowest BCUT2D eigenvalue weighted by molar-refractivity contribution is 0.193. The average molecular weight is 369 g/mol. The van der Waals surface area contributed by atoms with E-state index < -0.39 is 0 Å². The van der Waals surface area contributed by atoms with Crippen LogP contribution in [0.5, 0.6) is 0 Å². The van der Waals surface area contributed by atoms with Crippen molar-refractivity contribution < 1.29 is 9.90 Å². The topological polar surface area (TPSA) is 61.4 Å². The third-order valence-electron chi connectivity index (χ3n) is 5.03. The van der Waals surface area contributed by atoms with E-state index in [1.54, 1.807) is 0 Å². The summed E-state index contributed by atoms with van der Waals surface area (Å²) in [6, 6.07) is 20.3. The summed E-state index contributed by atoms with van der Waals surface area (Å²) in [7, 11) is 0. The normalized spacial score (nSPS) is 13.0. The molecule has 0 saturated carbocycles. The van der Waals surface area contributed by atoms with Crippen LogP contribution in [0.1, 0.15) is 43.7 Å². The van der Waals surface area contributed by atoms with Gasteiger partial charge in [0.15, 0.2) is 0 Å². The van der Waals surface area contributed by atoms with Crippen molar-refractivity contribution in [1.29, 1.82) is 0 Å². The van der Waals surface area contributed by atoms with Crippen molar-refractivity contribution in [3.05, 3.63) is 71.8 Å². The van der Waals surface area contributed by atoms with Gasteiger partial charge >= 0.3 is 6.03 Å². The lowest BCUT2D eigenvalue weighted by atomic mass is 9.79. The molecule has 1 unspecified atom stereocenters. The molecule has 0 saturated heterocycles. The molecule has 146 valence electrons. The number of aryl methyl sites for hydroxylation is 1. The Morgan fingerprint density at radius 2 is 1.48 bits per heavy atom. The van der Waals surface area contributed by atoms with Crippen LogP contribution in [0, 0.1) is 0 Å². The zero-order valence-electron chi connectivity index (χ0n) is 16.3. The number of aliphatic hydroxyl groups is 1. The average Bonchev–Trinajstić information content (AvgIpc) is 2.72. The molecule has 0 heterocycles. The molecule has 4 nitrogen and oxygen atoms in total. The van der Waals surface area contributed by atoms with Crippen LogP contribution in [-0.2, 0) is 11.8 Å². The second kappa shape index (κ2) is 11.4. The summed E-state index contributed by atoms with van der Waals surface area (Å²) in [6.45, 7) is 3.56. The van der Waals surface area contributed by atoms with Crippen LogP contribution in [0.4, 0.5) is 4.79 Å². The van der Waals surface area contributed by atoms with Crippen LogP contribution >= 0.6 is 0 Å². The van der Waals surface area contributed by atoms with Gasteiger partial charge in [0.05, 0.1) is 6.61 Å². The van der Waals surface area contributed by atoms with Crippen LogP contribution in [0.2, 0.25) is 0 Å². The predicted octanol–water partition coefficient (Wildman–Crippen LogP) is 4.04. The molecule has 27 heavy (non-hydrogen) atoms. The molecule has 0 aromatic heterocycles. The first-order chi connectivity index (χ1) is 13.1. The molecule has 0 bridgehead atoms. The minimum atomic E-state index is -0.221. The minimum absolute atomic E-state index is 0.101. The van der Waals surface area contributed by atoms with E-state index in [0.29, 0.717) is 13.1 Å². The number of hydrogen-bond acceptors (Lipinski definition) is 2. The number of benzene rings is 2. The largest absolute Gasteiger partial charge is 0.395 e. The maximum atomic E-state index is 11.8. The fourth-order valence-electron chi connectivity index (χ4n) is 3.20. The van der Waals surface area contributed by atoms with Crippen molar-refractivity contribution in [1.82, 2.24) is 10.6 Å². The summed E-state index contributed by atoms with van der Waals surface area (Å²) < 4.78 is 0. The summed E-state index contributed by atoms with van der Waals surface area (Å²) in [4.78, 5) is 11.8. The van der Waals surface area contributed by atoms with Gasteiger partial charge in [-0.1, -0.05) is 74.0 Å². The van der Waals surface area contributed by atoms with Crippen molar-refractivity contribution in [2.75, 3.05) is 19.7 Å². The Bertz CT molecular complexity index is 661. The van der Waals surface area contributed by atoms with E-state index in [9.17, 15) is 9.90 Å². The van der Waals surface area contributed by atoms with Gasteiger partial charge in [0.2, 0.25) is 0 Å². The van der Waals surface area contributed by atoms with Crippen LogP contribution in [0.3, 0.4) is 0 Å². The maximum absolute atomic E-state index is 11.8. The van der Waals surface area contributed by atoms with Crippen molar-refractivity contribution >= 4 is 6.03 Å². The highest BCUT2D eigenvalue weighted by atomic mass is 16.3. The fraction of sp³-hybridized carbons (Fsp3) is 0.435. The Morgan fingerprint density at radius 1 is 0.889 bits per heavy atom. The van der Waals surface area contributed by atoms with Gasteiger partial charge < -0.3 is 15.7 Å². The SMILES string of the molecule is CC(CO)(CCCCNC(=O)NCCCc1ccccc1)c1ccccc1. The van der Waals surface area contributed by atoms with E-state index in [0.717, 1.165) is 37.7 Å². The molecule has 4 heteroatoms. The van der Waals surface area contributed by atoms with Crippen LogP contribution in [0.15, 0.2) is 60.7 Å². The molecule has 0 aliphatic heterocycles. The number of aliphatic hydroxyl groups excluding tert-OH is 1. The number of carbonyl (C=O) groups excluding carboxylic acids is 1. The number of nitrogens with one attached hydrogen (secondary N) is 2. The number of urea groups is 1. The summed E-state index contributed by atoms with van der Waals surface area (Å²) in [5.74, 6) is 0. The molecule has 1 atom stereocenters. The number of unbranched alkanes of at least 4 members (excludes halogenated alkanes) is 1. The highest BCUT2D eigenvalue weighted by Crippen LogP contribution is 2.28. The number of carbonyl (C=O) groups is 1. The lowest BCUT2D eigenvalue weighted by Crippen LogP contribution is -2.36. The molecule has 3 N–H and O–H groups in total. The van der Waals surface area contributed by atoms with E-state index in [2.05, 4.69) is 41.8 Å². The Kier molecular flexibility index (Phi) is 8.85. The molecular weight excluding hydrogens is 336 g/mol. The molecular formula is C23H32N2O2. The molecule has 2 amide bonds. The van der Waals surface area contributed by atoms with E-state index >= 15 is 0 Å². The number of hydrogen-bond donors (Lipinski definition) is 3. The van der Waals surface area contributed by atoms with Crippen molar-refractivity contribution in [3.63, 3.8) is 0 Å². The van der Waals surface area contributed by atoms with Crippen molar-refractivity contribution in [2.24, 2.45) is 0 Å². The van der Waals surface area contributed by atoms with E-state index in [-0.39, 0.29) is 18.1 Å². The zero-order chi connectivity index (χ0) is 19.4. The van der Waals surface area contributed by atoms with Gasteiger partial charge in [-0.05, 0) is 36.8 Å². The Hall–Kier alpha value is -2.33. The molecule has 0 spiro atoms. The standard InChI is InChI=1S/C23H32N2O2/c1-23(19-26,21-14-6-3-7-15-21)16-8-9-17-24-22(27)25-18-10-13-20-11-4-2-5-12-20/h2-7,11-12,14-15,26H,8-10,13,16-19H2,1H3,(H2,24,25,27). The van der Waals surface area contributed by atoms with Gasteiger partial charge in [0.25, 0.3) is 0 Å². The molecule has 0 aliphatic carbocycles. The minimum Gasteiger partial charge on any atom is -0.395 e. The third-order valence-corrected chi connectivity index (χ3v) is 5.03. The van der Waals surface area contributed by atoms with Gasteiger partial charge in [-0.2, -0.15) is 0 Å². The number of rotatable bonds is 11. The Balaban J connectivity index is 1.56. The van der Waals surface area contributed by atoms with Gasteiger partial charge in [-0.3, -0.25) is 0 Å². The summed E-state index contributed by atoms with van der Waals surface area (Å²) >= 11 is 0. The predicted molar refractivity (Wildman–Crippen MR) is 111 cm³/mol. The molecule has 2 aromatic carbocycles. The lowest BCUT2D eigenvalue weighted by Gasteiger charge is -2.28. The highest BCUT2D eigenvalue weighted by molar-refractivity contribution is 5.73. The second-order valence-electron chi connectivity index (χ2n) is 7.31. The Labute approximate surface area is 163 Å². The summed E-state index contributed by atoms with van der Waals surface area (Å²) in [5, 5.41) is 15.6. The fourth-order valence-corrected chi connectivity index (χ4v) is 3.20. The van der Waals surface area contributed by atoms with Crippen LogP contribution < -0.4 is 10.6 Å². The van der Waals surface area contributed by atoms with Crippen molar-refractivity contribution in [2.45, 2.75) is 44.4 Å². The highest BCUT2D eigenvalue weighted by Gasteiger charge is 2.24. The first-order valence-electron chi connectivity index (χ1n) is 9.86. The van der Waals surface area contributed by atoms with Gasteiger partial charge in [0.1, 0.15) is 0 Å². The second-order valence-corrected chi connectivity index (χ2v) is 7.31. The monoisotopic (exact) mass is 368 g/mol. The first-order valence-corrected chi connectivity index (χ1v) is 9.86. The molecule has 0 fully saturated rings. The smallest absolute Gasteiger partial charge is 0.314 e. The van der Waals surface area contributed by atoms with Gasteiger partial charge in [-0.25, -0.2) is 4.79 Å². The van der Waals surface area contributed by atoms with E-state index in [1.807, 2.05) is 36.4 Å². The van der Waals surface area contributed by atoms with E-state index in [4.69, 9.17) is 0 Å². The van der Waals surface area contributed by atoms with E-state index in [1.165, 1.54) is 5.56 Å². The molecule has 2 aromatic rings. The zero-order valence-corrected chi connectivity index (χ0v) is 16.3. The third kappa shape index (κ3) is 7.43. The Morgan fingerprint density at radius 3 is 2.11 bits per heavy atom. The van der Waals surface area contributed by atoms with Gasteiger partial charge in [-0.15, -0.1) is 0 Å². The van der Waals surface area contributed by atoms with Gasteiger partial charge in [0, 0.05) is 18.5 Å². The maximum Gasteiger partial charge on any atom is 0.314 e. The summed E-state index contributed by atoms with van der Waals surface area (Å²) in [5.41, 5.74) is 2.24. The first kappa shape index (κ1) is 21.0. The van der Waals surface area contributed by atoms with Crippen LogP contribution in [0.25, 0.3) is 0 Å². The number of amides is 2. The molecule has 2 rings (SSSR count). The summed E-state index contributed by atoms with van der Waals surface area (Å²) in [6.07, 6.45) is 4.66. The molecule has 0 radical (unpaired) electrons.